The Bertz CT molecular complexity index is 830. The van der Waals surface area contributed by atoms with E-state index in [4.69, 9.17) is 15.2 Å². The normalized spacial score (nSPS) is 12.5. The molecular formula is C20H25F3IN3O3. The maximum Gasteiger partial charge on any atom is 0.573 e. The van der Waals surface area contributed by atoms with Crippen LogP contribution in [-0.4, -0.2) is 33.1 Å². The minimum atomic E-state index is -4.72. The summed E-state index contributed by atoms with van der Waals surface area (Å²) in [6.07, 6.45) is -3.96. The second kappa shape index (κ2) is 11.7. The Morgan fingerprint density at radius 1 is 1.07 bits per heavy atom. The molecule has 0 aliphatic rings. The van der Waals surface area contributed by atoms with Crippen molar-refractivity contribution in [3.8, 4) is 17.2 Å². The van der Waals surface area contributed by atoms with Gasteiger partial charge in [-0.1, -0.05) is 13.0 Å². The van der Waals surface area contributed by atoms with Gasteiger partial charge in [0.05, 0.1) is 14.2 Å². The molecule has 0 spiro atoms. The molecule has 0 aromatic heterocycles. The first-order chi connectivity index (χ1) is 13.7. The van der Waals surface area contributed by atoms with Gasteiger partial charge >= 0.3 is 6.36 Å². The van der Waals surface area contributed by atoms with Crippen LogP contribution in [0.5, 0.6) is 17.2 Å². The summed E-state index contributed by atoms with van der Waals surface area (Å²) in [4.78, 5) is 4.29. The van der Waals surface area contributed by atoms with Crippen LogP contribution in [-0.2, 0) is 6.42 Å². The number of aliphatic imine (C=N–C) groups is 1. The van der Waals surface area contributed by atoms with Gasteiger partial charge in [-0.2, -0.15) is 0 Å². The van der Waals surface area contributed by atoms with Crippen molar-refractivity contribution in [2.75, 3.05) is 26.1 Å². The molecule has 0 bridgehead atoms. The first-order valence-electron chi connectivity index (χ1n) is 8.84. The summed E-state index contributed by atoms with van der Waals surface area (Å²) < 4.78 is 50.9. The van der Waals surface area contributed by atoms with Gasteiger partial charge in [0.1, 0.15) is 5.75 Å². The Morgan fingerprint density at radius 3 is 2.27 bits per heavy atom. The maximum absolute atomic E-state index is 12.2. The van der Waals surface area contributed by atoms with E-state index in [1.54, 1.807) is 14.2 Å². The Labute approximate surface area is 190 Å². The predicted molar refractivity (Wildman–Crippen MR) is 121 cm³/mol. The molecule has 0 amide bonds. The number of hydrogen-bond acceptors (Lipinski definition) is 4. The topological polar surface area (TPSA) is 78.1 Å². The lowest BCUT2D eigenvalue weighted by atomic mass is 10.0. The Hall–Kier alpha value is -2.37. The minimum Gasteiger partial charge on any atom is -0.493 e. The summed E-state index contributed by atoms with van der Waals surface area (Å²) >= 11 is 0. The average molecular weight is 539 g/mol. The molecule has 2 aromatic rings. The van der Waals surface area contributed by atoms with Crippen molar-refractivity contribution in [2.45, 2.75) is 19.7 Å². The number of methoxy groups -OCH3 is 2. The summed E-state index contributed by atoms with van der Waals surface area (Å²) in [7, 11) is 3.17. The smallest absolute Gasteiger partial charge is 0.493 e. The van der Waals surface area contributed by atoms with Crippen LogP contribution in [0.4, 0.5) is 18.9 Å². The van der Waals surface area contributed by atoms with E-state index in [0.717, 1.165) is 12.0 Å². The molecule has 30 heavy (non-hydrogen) atoms. The van der Waals surface area contributed by atoms with Crippen LogP contribution in [0.15, 0.2) is 47.5 Å². The SMILES string of the molecule is COc1ccc(CC(C)CN=C(N)Nc2ccc(OC(F)(F)F)cc2)cc1OC.I. The first-order valence-corrected chi connectivity index (χ1v) is 8.84. The van der Waals surface area contributed by atoms with Crippen LogP contribution < -0.4 is 25.3 Å². The lowest BCUT2D eigenvalue weighted by molar-refractivity contribution is -0.274. The van der Waals surface area contributed by atoms with E-state index in [0.29, 0.717) is 23.7 Å². The molecule has 3 N–H and O–H groups in total. The predicted octanol–water partition coefficient (Wildman–Crippen LogP) is 4.83. The fourth-order valence-corrected chi connectivity index (χ4v) is 2.66. The number of rotatable bonds is 8. The Balaban J connectivity index is 0.00000450. The summed E-state index contributed by atoms with van der Waals surface area (Å²) in [6.45, 7) is 2.51. The average Bonchev–Trinajstić information content (AvgIpc) is 2.66. The molecule has 10 heteroatoms. The van der Waals surface area contributed by atoms with Gasteiger partial charge in [0, 0.05) is 12.2 Å². The highest BCUT2D eigenvalue weighted by Gasteiger charge is 2.30. The number of benzene rings is 2. The third-order valence-corrected chi connectivity index (χ3v) is 3.97. The fraction of sp³-hybridized carbons (Fsp3) is 0.350. The molecular weight excluding hydrogens is 514 g/mol. The van der Waals surface area contributed by atoms with Gasteiger partial charge in [-0.15, -0.1) is 37.1 Å². The zero-order valence-electron chi connectivity index (χ0n) is 16.8. The largest absolute Gasteiger partial charge is 0.573 e. The fourth-order valence-electron chi connectivity index (χ4n) is 2.66. The molecule has 166 valence electrons. The zero-order chi connectivity index (χ0) is 21.4. The second-order valence-corrected chi connectivity index (χ2v) is 6.42. The van der Waals surface area contributed by atoms with Crippen LogP contribution >= 0.6 is 24.0 Å². The van der Waals surface area contributed by atoms with E-state index in [9.17, 15) is 13.2 Å². The Kier molecular flexibility index (Phi) is 10.0. The number of halogens is 4. The van der Waals surface area contributed by atoms with Gasteiger partial charge in [-0.25, -0.2) is 0 Å². The molecule has 1 atom stereocenters. The highest BCUT2D eigenvalue weighted by molar-refractivity contribution is 14.0. The van der Waals surface area contributed by atoms with Gasteiger partial charge in [0.15, 0.2) is 17.5 Å². The minimum absolute atomic E-state index is 0. The van der Waals surface area contributed by atoms with Crippen molar-refractivity contribution in [2.24, 2.45) is 16.6 Å². The number of hydrogen-bond donors (Lipinski definition) is 2. The van der Waals surface area contributed by atoms with E-state index in [2.05, 4.69) is 15.0 Å². The monoisotopic (exact) mass is 539 g/mol. The van der Waals surface area contributed by atoms with Crippen molar-refractivity contribution in [1.82, 2.24) is 0 Å². The highest BCUT2D eigenvalue weighted by Crippen LogP contribution is 2.28. The van der Waals surface area contributed by atoms with Crippen molar-refractivity contribution < 1.29 is 27.4 Å². The van der Waals surface area contributed by atoms with Gasteiger partial charge in [0.2, 0.25) is 0 Å². The van der Waals surface area contributed by atoms with E-state index in [-0.39, 0.29) is 41.6 Å². The van der Waals surface area contributed by atoms with Crippen molar-refractivity contribution >= 4 is 35.6 Å². The third-order valence-electron chi connectivity index (χ3n) is 3.97. The van der Waals surface area contributed by atoms with Crippen LogP contribution in [0.3, 0.4) is 0 Å². The molecule has 0 saturated heterocycles. The number of nitrogens with zero attached hydrogens (tertiary/aromatic N) is 1. The first kappa shape index (κ1) is 25.7. The summed E-state index contributed by atoms with van der Waals surface area (Å²) in [6, 6.07) is 11.0. The maximum atomic E-state index is 12.2. The Morgan fingerprint density at radius 2 is 1.70 bits per heavy atom. The summed E-state index contributed by atoms with van der Waals surface area (Å²) in [5.74, 6) is 1.41. The lowest BCUT2D eigenvalue weighted by Crippen LogP contribution is -2.24. The van der Waals surface area contributed by atoms with Crippen molar-refractivity contribution in [3.63, 3.8) is 0 Å². The van der Waals surface area contributed by atoms with E-state index in [1.165, 1.54) is 24.3 Å². The zero-order valence-corrected chi connectivity index (χ0v) is 19.2. The van der Waals surface area contributed by atoms with Crippen LogP contribution in [0.25, 0.3) is 0 Å². The molecule has 1 unspecified atom stereocenters. The lowest BCUT2D eigenvalue weighted by Gasteiger charge is -2.13. The molecule has 0 aliphatic carbocycles. The number of alkyl halides is 3. The van der Waals surface area contributed by atoms with Gasteiger partial charge < -0.3 is 25.3 Å². The highest BCUT2D eigenvalue weighted by atomic mass is 127. The van der Waals surface area contributed by atoms with E-state index < -0.39 is 6.36 Å². The number of nitrogens with one attached hydrogen (secondary N) is 1. The number of nitrogens with two attached hydrogens (primary N) is 1. The number of ether oxygens (including phenoxy) is 3. The molecule has 2 aromatic carbocycles. The third kappa shape index (κ3) is 8.56. The second-order valence-electron chi connectivity index (χ2n) is 6.42. The van der Waals surface area contributed by atoms with Crippen LogP contribution in [0.1, 0.15) is 12.5 Å². The van der Waals surface area contributed by atoms with Crippen LogP contribution in [0.2, 0.25) is 0 Å². The molecule has 0 aliphatic heterocycles. The molecule has 0 fully saturated rings. The quantitative estimate of drug-likeness (QED) is 0.286. The molecule has 0 saturated carbocycles. The van der Waals surface area contributed by atoms with Gasteiger partial charge in [-0.05, 0) is 54.3 Å². The summed E-state index contributed by atoms with van der Waals surface area (Å²) in [5, 5.41) is 2.84. The van der Waals surface area contributed by atoms with Crippen molar-refractivity contribution in [1.29, 1.82) is 0 Å². The molecule has 2 rings (SSSR count). The molecule has 0 radical (unpaired) electrons. The van der Waals surface area contributed by atoms with Gasteiger partial charge in [-0.3, -0.25) is 4.99 Å². The standard InChI is InChI=1S/C20H24F3N3O3.HI/c1-13(10-14-4-9-17(27-2)18(11-14)28-3)12-25-19(24)26-15-5-7-16(8-6-15)29-20(21,22)23;/h4-9,11,13H,10,12H2,1-3H3,(H3,24,25,26);1H. The van der Waals surface area contributed by atoms with Crippen LogP contribution in [0, 0.1) is 5.92 Å². The molecule has 6 nitrogen and oxygen atoms in total. The van der Waals surface area contributed by atoms with E-state index in [1.807, 2.05) is 25.1 Å². The summed E-state index contributed by atoms with van der Waals surface area (Å²) in [5.41, 5.74) is 7.45. The molecule has 0 heterocycles. The van der Waals surface area contributed by atoms with E-state index >= 15 is 0 Å². The van der Waals surface area contributed by atoms with Crippen molar-refractivity contribution in [3.05, 3.63) is 48.0 Å². The number of guanidine groups is 1. The number of anilines is 1. The van der Waals surface area contributed by atoms with Gasteiger partial charge in [0.25, 0.3) is 0 Å².